The summed E-state index contributed by atoms with van der Waals surface area (Å²) in [6.07, 6.45) is -1.02. The van der Waals surface area contributed by atoms with Crippen LogP contribution in [0.5, 0.6) is 0 Å². The lowest BCUT2D eigenvalue weighted by Crippen LogP contribution is -2.48. The summed E-state index contributed by atoms with van der Waals surface area (Å²) in [6.45, 7) is 0. The van der Waals surface area contributed by atoms with Gasteiger partial charge in [-0.3, -0.25) is 14.9 Å². The molecule has 6 nitrogen and oxygen atoms in total. The molecule has 0 bridgehead atoms. The Balaban J connectivity index is 2.13. The van der Waals surface area contributed by atoms with E-state index in [-0.39, 0.29) is 5.69 Å². The van der Waals surface area contributed by atoms with Crippen LogP contribution in [-0.2, 0) is 0 Å². The Kier molecular flexibility index (Phi) is 5.69. The van der Waals surface area contributed by atoms with Crippen molar-refractivity contribution in [2.75, 3.05) is 5.32 Å². The quantitative estimate of drug-likeness (QED) is 0.344. The van der Waals surface area contributed by atoms with Crippen molar-refractivity contribution in [2.24, 2.45) is 0 Å². The fourth-order valence-corrected chi connectivity index (χ4v) is 2.61. The standard InChI is InChI=1S/C13H10Cl3N3O3S/c14-13(15,16)12(18-11(20)10-2-1-7-23-10)17-8-3-5-9(6-4-8)19(21)22/h1-7,12,17H,(H,18,20)/t12-/m1/s1. The number of hydrogen-bond donors (Lipinski definition) is 2. The molecule has 2 N–H and O–H groups in total. The number of benzene rings is 1. The second kappa shape index (κ2) is 7.35. The molecular weight excluding hydrogens is 385 g/mol. The molecule has 1 aromatic carbocycles. The normalized spacial score (nSPS) is 12.5. The number of rotatable bonds is 5. The van der Waals surface area contributed by atoms with Crippen LogP contribution in [0.4, 0.5) is 11.4 Å². The first-order valence-electron chi connectivity index (χ1n) is 6.19. The van der Waals surface area contributed by atoms with Crippen molar-refractivity contribution in [3.63, 3.8) is 0 Å². The second-order valence-corrected chi connectivity index (χ2v) is 7.69. The van der Waals surface area contributed by atoms with Crippen molar-refractivity contribution in [2.45, 2.75) is 9.96 Å². The molecule has 0 saturated heterocycles. The number of nitrogens with zero attached hydrogens (tertiary/aromatic N) is 1. The summed E-state index contributed by atoms with van der Waals surface area (Å²) in [5.41, 5.74) is 0.391. The van der Waals surface area contributed by atoms with Crippen LogP contribution >= 0.6 is 46.1 Å². The molecule has 1 amide bonds. The monoisotopic (exact) mass is 393 g/mol. The molecule has 0 saturated carbocycles. The lowest BCUT2D eigenvalue weighted by molar-refractivity contribution is -0.384. The van der Waals surface area contributed by atoms with Crippen LogP contribution in [0.1, 0.15) is 9.67 Å². The minimum atomic E-state index is -1.82. The number of thiophene rings is 1. The van der Waals surface area contributed by atoms with Gasteiger partial charge in [-0.2, -0.15) is 0 Å². The summed E-state index contributed by atoms with van der Waals surface area (Å²) in [6, 6.07) is 8.89. The van der Waals surface area contributed by atoms with Gasteiger partial charge < -0.3 is 10.6 Å². The number of hydrogen-bond acceptors (Lipinski definition) is 5. The van der Waals surface area contributed by atoms with Crippen molar-refractivity contribution in [3.8, 4) is 0 Å². The van der Waals surface area contributed by atoms with E-state index in [0.29, 0.717) is 10.6 Å². The summed E-state index contributed by atoms with van der Waals surface area (Å²) in [7, 11) is 0. The highest BCUT2D eigenvalue weighted by Gasteiger charge is 2.34. The Bertz CT molecular complexity index is 687. The van der Waals surface area contributed by atoms with Gasteiger partial charge in [0.2, 0.25) is 3.79 Å². The Morgan fingerprint density at radius 3 is 2.35 bits per heavy atom. The first-order valence-corrected chi connectivity index (χ1v) is 8.21. The van der Waals surface area contributed by atoms with Crippen molar-refractivity contribution in [3.05, 3.63) is 56.8 Å². The van der Waals surface area contributed by atoms with E-state index >= 15 is 0 Å². The molecule has 1 aromatic heterocycles. The molecule has 0 aliphatic rings. The maximum absolute atomic E-state index is 12.1. The molecule has 2 rings (SSSR count). The predicted molar refractivity (Wildman–Crippen MR) is 92.6 cm³/mol. The number of amides is 1. The zero-order chi connectivity index (χ0) is 17.0. The number of carbonyl (C=O) groups excluding carboxylic acids is 1. The number of nitro groups is 1. The molecule has 122 valence electrons. The van der Waals surface area contributed by atoms with Gasteiger partial charge in [0, 0.05) is 17.8 Å². The third-order valence-corrected chi connectivity index (χ3v) is 4.26. The number of nitro benzene ring substituents is 1. The van der Waals surface area contributed by atoms with Gasteiger partial charge in [-0.25, -0.2) is 0 Å². The third-order valence-electron chi connectivity index (χ3n) is 2.74. The van der Waals surface area contributed by atoms with Crippen LogP contribution < -0.4 is 10.6 Å². The fourth-order valence-electron chi connectivity index (χ4n) is 1.66. The molecular formula is C13H10Cl3N3O3S. The predicted octanol–water partition coefficient (Wildman–Crippen LogP) is 4.19. The van der Waals surface area contributed by atoms with Gasteiger partial charge in [-0.1, -0.05) is 40.9 Å². The molecule has 1 heterocycles. The Morgan fingerprint density at radius 1 is 1.22 bits per heavy atom. The Morgan fingerprint density at radius 2 is 1.87 bits per heavy atom. The van der Waals surface area contributed by atoms with Crippen LogP contribution in [0.3, 0.4) is 0 Å². The van der Waals surface area contributed by atoms with E-state index in [2.05, 4.69) is 10.6 Å². The molecule has 2 aromatic rings. The first-order chi connectivity index (χ1) is 10.8. The first kappa shape index (κ1) is 17.8. The number of anilines is 1. The smallest absolute Gasteiger partial charge is 0.269 e. The second-order valence-electron chi connectivity index (χ2n) is 4.37. The fraction of sp³-hybridized carbons (Fsp3) is 0.154. The van der Waals surface area contributed by atoms with Gasteiger partial charge >= 0.3 is 0 Å². The molecule has 10 heteroatoms. The van der Waals surface area contributed by atoms with E-state index in [1.807, 2.05) is 0 Å². The average Bonchev–Trinajstić information content (AvgIpc) is 3.00. The minimum Gasteiger partial charge on any atom is -0.362 e. The highest BCUT2D eigenvalue weighted by molar-refractivity contribution is 7.12. The van der Waals surface area contributed by atoms with E-state index in [1.165, 1.54) is 35.6 Å². The molecule has 0 fully saturated rings. The highest BCUT2D eigenvalue weighted by atomic mass is 35.6. The van der Waals surface area contributed by atoms with Crippen molar-refractivity contribution in [1.29, 1.82) is 0 Å². The third kappa shape index (κ3) is 4.97. The zero-order valence-corrected chi connectivity index (χ0v) is 14.4. The summed E-state index contributed by atoms with van der Waals surface area (Å²) in [5.74, 6) is -0.397. The van der Waals surface area contributed by atoms with E-state index < -0.39 is 20.8 Å². The van der Waals surface area contributed by atoms with Crippen molar-refractivity contribution < 1.29 is 9.72 Å². The Labute approximate surface area is 150 Å². The van der Waals surface area contributed by atoms with Crippen molar-refractivity contribution in [1.82, 2.24) is 5.32 Å². The molecule has 0 radical (unpaired) electrons. The highest BCUT2D eigenvalue weighted by Crippen LogP contribution is 2.31. The van der Waals surface area contributed by atoms with Gasteiger partial charge in [0.1, 0.15) is 6.17 Å². The van der Waals surface area contributed by atoms with Crippen LogP contribution in [0.25, 0.3) is 0 Å². The number of carbonyl (C=O) groups is 1. The Hall–Kier alpha value is -1.54. The topological polar surface area (TPSA) is 84.3 Å². The molecule has 0 aliphatic carbocycles. The molecule has 0 spiro atoms. The summed E-state index contributed by atoms with van der Waals surface area (Å²) in [4.78, 5) is 22.7. The van der Waals surface area contributed by atoms with E-state index in [0.717, 1.165) is 0 Å². The SMILES string of the molecule is O=C(N[C@@H](Nc1ccc([N+](=O)[O-])cc1)C(Cl)(Cl)Cl)c1cccs1. The van der Waals surface area contributed by atoms with Gasteiger partial charge in [-0.15, -0.1) is 11.3 Å². The van der Waals surface area contributed by atoms with Crippen LogP contribution in [0.15, 0.2) is 41.8 Å². The summed E-state index contributed by atoms with van der Waals surface area (Å²) < 4.78 is -1.82. The van der Waals surface area contributed by atoms with Gasteiger partial charge in [0.25, 0.3) is 11.6 Å². The lowest BCUT2D eigenvalue weighted by atomic mass is 10.3. The summed E-state index contributed by atoms with van der Waals surface area (Å²) >= 11 is 18.9. The number of alkyl halides is 3. The van der Waals surface area contributed by atoms with Crippen LogP contribution in [-0.4, -0.2) is 20.8 Å². The van der Waals surface area contributed by atoms with Gasteiger partial charge in [0.05, 0.1) is 9.80 Å². The van der Waals surface area contributed by atoms with Gasteiger partial charge in [-0.05, 0) is 23.6 Å². The number of non-ortho nitro benzene ring substituents is 1. The van der Waals surface area contributed by atoms with Crippen LogP contribution in [0.2, 0.25) is 0 Å². The number of halogens is 3. The maximum atomic E-state index is 12.1. The van der Waals surface area contributed by atoms with Gasteiger partial charge in [0.15, 0.2) is 0 Å². The molecule has 0 unspecified atom stereocenters. The van der Waals surface area contributed by atoms with E-state index in [1.54, 1.807) is 17.5 Å². The van der Waals surface area contributed by atoms with Crippen molar-refractivity contribution >= 4 is 63.4 Å². The van der Waals surface area contributed by atoms with Crippen LogP contribution in [0, 0.1) is 10.1 Å². The zero-order valence-electron chi connectivity index (χ0n) is 11.3. The summed E-state index contributed by atoms with van der Waals surface area (Å²) in [5, 5.41) is 17.8. The maximum Gasteiger partial charge on any atom is 0.269 e. The molecule has 23 heavy (non-hydrogen) atoms. The largest absolute Gasteiger partial charge is 0.362 e. The molecule has 1 atom stereocenters. The molecule has 0 aliphatic heterocycles. The van der Waals surface area contributed by atoms with E-state index in [4.69, 9.17) is 34.8 Å². The lowest BCUT2D eigenvalue weighted by Gasteiger charge is -2.27. The van der Waals surface area contributed by atoms with E-state index in [9.17, 15) is 14.9 Å². The number of nitrogens with one attached hydrogen (secondary N) is 2. The minimum absolute atomic E-state index is 0.0661. The average molecular weight is 395 g/mol.